The van der Waals surface area contributed by atoms with E-state index in [9.17, 15) is 21.9 Å². The molecule has 12 nitrogen and oxygen atoms in total. The van der Waals surface area contributed by atoms with Gasteiger partial charge in [-0.25, -0.2) is 21.6 Å². The summed E-state index contributed by atoms with van der Waals surface area (Å²) in [5.74, 6) is 0.632. The van der Waals surface area contributed by atoms with Crippen LogP contribution in [-0.2, 0) is 31.3 Å². The highest BCUT2D eigenvalue weighted by atomic mass is 32.2. The Morgan fingerprint density at radius 1 is 1.04 bits per heavy atom. The standard InChI is InChI=1S/C32H42N4O8S2/c1-34-45(38,39)29-5-3-4-28(17-29)43-22-27(37)20-35-26-18-32(44-21-26)12-14-36(15-13-32)46(40,41)31-16-25(10-11-30(31)42-2)24-8-6-23(19-33)7-9-24/h3-11,16-17,26-27,34-35,37H,12-15,18-22,33H2,1-2H3/t26-,27-/m0/s1. The van der Waals surface area contributed by atoms with Crippen LogP contribution in [0.15, 0.2) is 76.5 Å². The lowest BCUT2D eigenvalue weighted by Crippen LogP contribution is -2.47. The molecule has 5 rings (SSSR count). The number of benzene rings is 3. The lowest BCUT2D eigenvalue weighted by molar-refractivity contribution is -0.0312. The first kappa shape index (κ1) is 34.3. The monoisotopic (exact) mass is 674 g/mol. The molecular weight excluding hydrogens is 633 g/mol. The predicted molar refractivity (Wildman–Crippen MR) is 174 cm³/mol. The zero-order valence-corrected chi connectivity index (χ0v) is 27.6. The van der Waals surface area contributed by atoms with Gasteiger partial charge in [-0.3, -0.25) is 0 Å². The van der Waals surface area contributed by atoms with E-state index in [2.05, 4.69) is 10.0 Å². The van der Waals surface area contributed by atoms with Gasteiger partial charge in [0, 0.05) is 38.3 Å². The van der Waals surface area contributed by atoms with Crippen LogP contribution in [0.2, 0.25) is 0 Å². The summed E-state index contributed by atoms with van der Waals surface area (Å²) in [6, 6.07) is 19.0. The molecule has 3 aromatic rings. The molecule has 0 unspecified atom stereocenters. The van der Waals surface area contributed by atoms with Crippen molar-refractivity contribution in [3.8, 4) is 22.6 Å². The molecule has 2 heterocycles. The number of hydrogen-bond acceptors (Lipinski definition) is 10. The second kappa shape index (κ2) is 14.4. The average molecular weight is 675 g/mol. The summed E-state index contributed by atoms with van der Waals surface area (Å²) in [5.41, 5.74) is 7.93. The normalized spacial score (nSPS) is 19.3. The summed E-state index contributed by atoms with van der Waals surface area (Å²) < 4.78 is 72.8. The third-order valence-corrected chi connectivity index (χ3v) is 11.9. The molecule has 2 atom stereocenters. The fourth-order valence-corrected chi connectivity index (χ4v) is 8.28. The van der Waals surface area contributed by atoms with E-state index in [1.54, 1.807) is 24.3 Å². The number of sulfonamides is 2. The molecule has 14 heteroatoms. The van der Waals surface area contributed by atoms with E-state index in [1.165, 1.54) is 30.6 Å². The van der Waals surface area contributed by atoms with Gasteiger partial charge in [-0.05, 0) is 67.3 Å². The Kier molecular flexibility index (Phi) is 10.7. The van der Waals surface area contributed by atoms with Crippen molar-refractivity contribution in [1.29, 1.82) is 0 Å². The van der Waals surface area contributed by atoms with Crippen LogP contribution in [0.1, 0.15) is 24.8 Å². The van der Waals surface area contributed by atoms with E-state index in [4.69, 9.17) is 19.9 Å². The molecule has 2 aliphatic rings. The lowest BCUT2D eigenvalue weighted by Gasteiger charge is -2.38. The fraction of sp³-hybridized carbons (Fsp3) is 0.438. The summed E-state index contributed by atoms with van der Waals surface area (Å²) >= 11 is 0. The van der Waals surface area contributed by atoms with Gasteiger partial charge in [0.1, 0.15) is 29.1 Å². The summed E-state index contributed by atoms with van der Waals surface area (Å²) in [6.45, 7) is 1.73. The molecule has 3 aromatic carbocycles. The Morgan fingerprint density at radius 3 is 2.43 bits per heavy atom. The smallest absolute Gasteiger partial charge is 0.246 e. The Balaban J connectivity index is 1.14. The van der Waals surface area contributed by atoms with Crippen LogP contribution in [-0.4, -0.2) is 91.0 Å². The number of aliphatic hydroxyl groups excluding tert-OH is 1. The molecular formula is C32H42N4O8S2. The van der Waals surface area contributed by atoms with E-state index in [1.807, 2.05) is 30.3 Å². The van der Waals surface area contributed by atoms with Gasteiger partial charge in [0.2, 0.25) is 20.0 Å². The number of aliphatic hydroxyl groups is 1. The molecule has 0 saturated carbocycles. The topological polar surface area (TPSA) is 170 Å². The largest absolute Gasteiger partial charge is 0.495 e. The molecule has 2 saturated heterocycles. The highest BCUT2D eigenvalue weighted by Crippen LogP contribution is 2.39. The SMILES string of the molecule is CNS(=O)(=O)c1cccc(OC[C@@H](O)CN[C@@H]2COC3(CCN(S(=O)(=O)c4cc(-c5ccc(CN)cc5)ccc4OC)CC3)C2)c1. The Hall–Kier alpha value is -3.08. The number of piperidine rings is 1. The van der Waals surface area contributed by atoms with Crippen molar-refractivity contribution in [2.24, 2.45) is 5.73 Å². The van der Waals surface area contributed by atoms with Crippen molar-refractivity contribution < 1.29 is 36.2 Å². The van der Waals surface area contributed by atoms with Gasteiger partial charge in [0.05, 0.1) is 24.2 Å². The number of methoxy groups -OCH3 is 1. The van der Waals surface area contributed by atoms with Crippen LogP contribution in [0.25, 0.3) is 11.1 Å². The molecule has 2 aliphatic heterocycles. The first-order chi connectivity index (χ1) is 22.0. The van der Waals surface area contributed by atoms with E-state index in [-0.39, 0.29) is 29.0 Å². The van der Waals surface area contributed by atoms with Crippen molar-refractivity contribution in [3.63, 3.8) is 0 Å². The third-order valence-electron chi connectivity index (χ3n) is 8.62. The van der Waals surface area contributed by atoms with E-state index in [0.717, 1.165) is 16.7 Å². The number of rotatable bonds is 13. The number of hydrogen-bond donors (Lipinski definition) is 4. The Labute approximate surface area is 270 Å². The molecule has 0 aromatic heterocycles. The lowest BCUT2D eigenvalue weighted by atomic mass is 9.88. The highest BCUT2D eigenvalue weighted by Gasteiger charge is 2.45. The van der Waals surface area contributed by atoms with Crippen molar-refractivity contribution in [2.45, 2.75) is 53.3 Å². The number of nitrogens with zero attached hydrogens (tertiary/aromatic N) is 1. The Morgan fingerprint density at radius 2 is 1.76 bits per heavy atom. The van der Waals surface area contributed by atoms with Crippen molar-refractivity contribution in [1.82, 2.24) is 14.3 Å². The van der Waals surface area contributed by atoms with Crippen LogP contribution in [0, 0.1) is 0 Å². The maximum Gasteiger partial charge on any atom is 0.246 e. The summed E-state index contributed by atoms with van der Waals surface area (Å²) in [4.78, 5) is 0.207. The van der Waals surface area contributed by atoms with Crippen molar-refractivity contribution >= 4 is 20.0 Å². The zero-order valence-electron chi connectivity index (χ0n) is 26.0. The minimum Gasteiger partial charge on any atom is -0.495 e. The molecule has 1 spiro atoms. The van der Waals surface area contributed by atoms with Crippen LogP contribution in [0.5, 0.6) is 11.5 Å². The average Bonchev–Trinajstić information content (AvgIpc) is 3.48. The second-order valence-electron chi connectivity index (χ2n) is 11.6. The minimum atomic E-state index is -3.84. The Bertz CT molecular complexity index is 1710. The molecule has 250 valence electrons. The molecule has 2 fully saturated rings. The van der Waals surface area contributed by atoms with Crippen LogP contribution < -0.4 is 25.2 Å². The summed E-state index contributed by atoms with van der Waals surface area (Å²) in [5, 5.41) is 13.8. The number of nitrogens with one attached hydrogen (secondary N) is 2. The highest BCUT2D eigenvalue weighted by molar-refractivity contribution is 7.89. The quantitative estimate of drug-likeness (QED) is 0.211. The first-order valence-corrected chi connectivity index (χ1v) is 18.1. The predicted octanol–water partition coefficient (Wildman–Crippen LogP) is 2.07. The van der Waals surface area contributed by atoms with Gasteiger partial charge in [0.15, 0.2) is 0 Å². The zero-order chi connectivity index (χ0) is 33.0. The molecule has 0 aliphatic carbocycles. The molecule has 0 radical (unpaired) electrons. The van der Waals surface area contributed by atoms with E-state index < -0.39 is 31.8 Å². The molecule has 0 bridgehead atoms. The maximum absolute atomic E-state index is 13.8. The van der Waals surface area contributed by atoms with Gasteiger partial charge in [0.25, 0.3) is 0 Å². The van der Waals surface area contributed by atoms with Gasteiger partial charge in [-0.2, -0.15) is 4.31 Å². The molecule has 5 N–H and O–H groups in total. The van der Waals surface area contributed by atoms with E-state index >= 15 is 0 Å². The summed E-state index contributed by atoms with van der Waals surface area (Å²) in [7, 11) is -4.64. The van der Waals surface area contributed by atoms with Crippen molar-refractivity contribution in [3.05, 3.63) is 72.3 Å². The van der Waals surface area contributed by atoms with Crippen LogP contribution in [0.3, 0.4) is 0 Å². The maximum atomic E-state index is 13.8. The third kappa shape index (κ3) is 7.72. The second-order valence-corrected chi connectivity index (χ2v) is 15.4. The van der Waals surface area contributed by atoms with Gasteiger partial charge >= 0.3 is 0 Å². The van der Waals surface area contributed by atoms with Crippen molar-refractivity contribution in [2.75, 3.05) is 47.0 Å². The van der Waals surface area contributed by atoms with Gasteiger partial charge in [-0.15, -0.1) is 0 Å². The van der Waals surface area contributed by atoms with E-state index in [0.29, 0.717) is 57.0 Å². The molecule has 46 heavy (non-hydrogen) atoms. The van der Waals surface area contributed by atoms with Crippen LogP contribution >= 0.6 is 0 Å². The number of ether oxygens (including phenoxy) is 3. The molecule has 0 amide bonds. The van der Waals surface area contributed by atoms with Gasteiger partial charge < -0.3 is 30.4 Å². The fourth-order valence-electron chi connectivity index (χ4n) is 5.89. The first-order valence-electron chi connectivity index (χ1n) is 15.2. The van der Waals surface area contributed by atoms with Crippen LogP contribution in [0.4, 0.5) is 0 Å². The minimum absolute atomic E-state index is 0.00987. The van der Waals surface area contributed by atoms with Gasteiger partial charge in [-0.1, -0.05) is 36.4 Å². The summed E-state index contributed by atoms with van der Waals surface area (Å²) in [6.07, 6.45) is 0.947. The number of nitrogens with two attached hydrogens (primary N) is 1.